The molecule has 1 heterocycles. The first-order valence-corrected chi connectivity index (χ1v) is 11.3. The number of halogens is 1. The van der Waals surface area contributed by atoms with Crippen molar-refractivity contribution in [2.45, 2.75) is 18.9 Å². The highest BCUT2D eigenvalue weighted by Crippen LogP contribution is 2.32. The average molecular weight is 447 g/mol. The van der Waals surface area contributed by atoms with E-state index >= 15 is 0 Å². The van der Waals surface area contributed by atoms with Crippen LogP contribution in [-0.4, -0.2) is 50.9 Å². The van der Waals surface area contributed by atoms with Gasteiger partial charge in [-0.3, -0.25) is 18.8 Å². The molecule has 1 fully saturated rings. The first-order chi connectivity index (χ1) is 14.5. The standard InChI is InChI=1S/C21H22FN3O5S/c1-4-21(15-7-9-16(22)10-8-15)19(27)25(20(28)23-21)13-18(26)14-5-11-17(12-6-14)24(2)31(3,29)30/h5-12H,4,13H2,1-3H3,(H,23,28). The summed E-state index contributed by atoms with van der Waals surface area (Å²) >= 11 is 0. The zero-order valence-electron chi connectivity index (χ0n) is 17.3. The molecule has 0 saturated carbocycles. The van der Waals surface area contributed by atoms with Crippen molar-refractivity contribution in [3.8, 4) is 0 Å². The van der Waals surface area contributed by atoms with Crippen LogP contribution < -0.4 is 9.62 Å². The van der Waals surface area contributed by atoms with E-state index in [-0.39, 0.29) is 12.0 Å². The van der Waals surface area contributed by atoms with E-state index in [4.69, 9.17) is 0 Å². The molecule has 2 aromatic carbocycles. The Balaban J connectivity index is 1.81. The number of benzene rings is 2. The molecule has 0 aromatic heterocycles. The monoisotopic (exact) mass is 447 g/mol. The number of sulfonamides is 1. The van der Waals surface area contributed by atoms with Gasteiger partial charge in [-0.05, 0) is 48.4 Å². The van der Waals surface area contributed by atoms with Gasteiger partial charge in [0, 0.05) is 12.6 Å². The number of carbonyl (C=O) groups excluding carboxylic acids is 3. The number of nitrogens with one attached hydrogen (secondary N) is 1. The van der Waals surface area contributed by atoms with Crippen molar-refractivity contribution in [1.82, 2.24) is 10.2 Å². The van der Waals surface area contributed by atoms with Gasteiger partial charge in [0.1, 0.15) is 11.4 Å². The molecule has 3 rings (SSSR count). The molecule has 10 heteroatoms. The third kappa shape index (κ3) is 4.15. The number of amides is 3. The Morgan fingerprint density at radius 2 is 1.68 bits per heavy atom. The van der Waals surface area contributed by atoms with Crippen molar-refractivity contribution in [2.75, 3.05) is 24.2 Å². The largest absolute Gasteiger partial charge is 0.325 e. The van der Waals surface area contributed by atoms with E-state index in [9.17, 15) is 27.2 Å². The predicted molar refractivity (Wildman–Crippen MR) is 113 cm³/mol. The van der Waals surface area contributed by atoms with Crippen LogP contribution in [0.4, 0.5) is 14.9 Å². The van der Waals surface area contributed by atoms with Crippen molar-refractivity contribution in [1.29, 1.82) is 0 Å². The van der Waals surface area contributed by atoms with Crippen LogP contribution in [0.3, 0.4) is 0 Å². The summed E-state index contributed by atoms with van der Waals surface area (Å²) in [4.78, 5) is 39.1. The maximum atomic E-state index is 13.3. The fourth-order valence-electron chi connectivity index (χ4n) is 3.43. The molecule has 0 spiro atoms. The predicted octanol–water partition coefficient (Wildman–Crippen LogP) is 2.26. The lowest BCUT2D eigenvalue weighted by atomic mass is 9.87. The van der Waals surface area contributed by atoms with Gasteiger partial charge in [-0.2, -0.15) is 0 Å². The topological polar surface area (TPSA) is 104 Å². The first kappa shape index (κ1) is 22.4. The summed E-state index contributed by atoms with van der Waals surface area (Å²) < 4.78 is 37.6. The van der Waals surface area contributed by atoms with E-state index in [0.29, 0.717) is 11.3 Å². The lowest BCUT2D eigenvalue weighted by Crippen LogP contribution is -2.43. The van der Waals surface area contributed by atoms with Crippen molar-refractivity contribution in [3.05, 3.63) is 65.5 Å². The minimum Gasteiger partial charge on any atom is -0.319 e. The molecule has 0 bridgehead atoms. The molecule has 1 aliphatic rings. The zero-order valence-corrected chi connectivity index (χ0v) is 18.1. The number of ketones is 1. The Morgan fingerprint density at radius 3 is 2.19 bits per heavy atom. The summed E-state index contributed by atoms with van der Waals surface area (Å²) in [7, 11) is -2.06. The molecule has 1 unspecified atom stereocenters. The van der Waals surface area contributed by atoms with Crippen LogP contribution in [-0.2, 0) is 20.4 Å². The summed E-state index contributed by atoms with van der Waals surface area (Å²) in [5, 5.41) is 2.64. The zero-order chi connectivity index (χ0) is 23.0. The number of urea groups is 1. The van der Waals surface area contributed by atoms with Gasteiger partial charge in [0.2, 0.25) is 10.0 Å². The molecular formula is C21H22FN3O5S. The summed E-state index contributed by atoms with van der Waals surface area (Å²) in [5.74, 6) is -1.54. The lowest BCUT2D eigenvalue weighted by molar-refractivity contribution is -0.131. The maximum Gasteiger partial charge on any atom is 0.325 e. The van der Waals surface area contributed by atoms with Crippen LogP contribution in [0.5, 0.6) is 0 Å². The Labute approximate surface area is 179 Å². The minimum atomic E-state index is -3.45. The Kier molecular flexibility index (Phi) is 5.86. The Hall–Kier alpha value is -3.27. The van der Waals surface area contributed by atoms with Crippen molar-refractivity contribution in [2.24, 2.45) is 0 Å². The number of anilines is 1. The van der Waals surface area contributed by atoms with Crippen LogP contribution in [0.1, 0.15) is 29.3 Å². The number of Topliss-reactive ketones (excluding diaryl/α,β-unsaturated/α-hetero) is 1. The van der Waals surface area contributed by atoms with Gasteiger partial charge in [0.15, 0.2) is 5.78 Å². The van der Waals surface area contributed by atoms with Gasteiger partial charge >= 0.3 is 6.03 Å². The molecule has 1 aliphatic heterocycles. The van der Waals surface area contributed by atoms with Crippen molar-refractivity contribution >= 4 is 33.4 Å². The summed E-state index contributed by atoms with van der Waals surface area (Å²) in [5.41, 5.74) is -0.345. The SMILES string of the molecule is CCC1(c2ccc(F)cc2)NC(=O)N(CC(=O)c2ccc(N(C)S(C)(=O)=O)cc2)C1=O. The fraction of sp³-hybridized carbons (Fsp3) is 0.286. The summed E-state index contributed by atoms with van der Waals surface area (Å²) in [6, 6.07) is 10.4. The fourth-order valence-corrected chi connectivity index (χ4v) is 3.93. The summed E-state index contributed by atoms with van der Waals surface area (Å²) in [6.07, 6.45) is 1.28. The van der Waals surface area contributed by atoms with Crippen molar-refractivity contribution < 1.29 is 27.2 Å². The highest BCUT2D eigenvalue weighted by Gasteiger charge is 2.51. The van der Waals surface area contributed by atoms with E-state index in [0.717, 1.165) is 15.5 Å². The van der Waals surface area contributed by atoms with Gasteiger partial charge in [-0.15, -0.1) is 0 Å². The molecule has 0 aliphatic carbocycles. The third-order valence-electron chi connectivity index (χ3n) is 5.40. The van der Waals surface area contributed by atoms with Gasteiger partial charge in [-0.1, -0.05) is 19.1 Å². The van der Waals surface area contributed by atoms with E-state index in [2.05, 4.69) is 5.32 Å². The highest BCUT2D eigenvalue weighted by atomic mass is 32.2. The molecule has 164 valence electrons. The number of rotatable bonds is 7. The average Bonchev–Trinajstić information content (AvgIpc) is 2.98. The molecule has 0 radical (unpaired) electrons. The Morgan fingerprint density at radius 1 is 1.10 bits per heavy atom. The van der Waals surface area contributed by atoms with E-state index in [1.165, 1.54) is 55.6 Å². The van der Waals surface area contributed by atoms with Crippen LogP contribution in [0.25, 0.3) is 0 Å². The normalized spacial score (nSPS) is 18.8. The second-order valence-corrected chi connectivity index (χ2v) is 9.30. The van der Waals surface area contributed by atoms with Crippen LogP contribution in [0, 0.1) is 5.82 Å². The number of nitrogens with zero attached hydrogens (tertiary/aromatic N) is 2. The lowest BCUT2D eigenvalue weighted by Gasteiger charge is -2.25. The molecule has 1 N–H and O–H groups in total. The van der Waals surface area contributed by atoms with Crippen LogP contribution >= 0.6 is 0 Å². The molecule has 31 heavy (non-hydrogen) atoms. The molecule has 3 amide bonds. The van der Waals surface area contributed by atoms with Crippen molar-refractivity contribution in [3.63, 3.8) is 0 Å². The maximum absolute atomic E-state index is 13.3. The molecule has 2 aromatic rings. The molecule has 8 nitrogen and oxygen atoms in total. The first-order valence-electron chi connectivity index (χ1n) is 9.47. The molecule has 1 saturated heterocycles. The number of hydrogen-bond acceptors (Lipinski definition) is 5. The number of carbonyl (C=O) groups is 3. The second kappa shape index (κ2) is 8.10. The smallest absolute Gasteiger partial charge is 0.319 e. The van der Waals surface area contributed by atoms with Gasteiger partial charge < -0.3 is 5.32 Å². The van der Waals surface area contributed by atoms with Crippen LogP contribution in [0.15, 0.2) is 48.5 Å². The molecular weight excluding hydrogens is 425 g/mol. The summed E-state index contributed by atoms with van der Waals surface area (Å²) in [6.45, 7) is 1.23. The molecule has 1 atom stereocenters. The van der Waals surface area contributed by atoms with E-state index in [1.54, 1.807) is 6.92 Å². The Bertz CT molecular complexity index is 1130. The third-order valence-corrected chi connectivity index (χ3v) is 6.60. The number of hydrogen-bond donors (Lipinski definition) is 1. The second-order valence-electron chi connectivity index (χ2n) is 7.29. The van der Waals surface area contributed by atoms with Gasteiger partial charge in [0.25, 0.3) is 5.91 Å². The highest BCUT2D eigenvalue weighted by molar-refractivity contribution is 7.92. The van der Waals surface area contributed by atoms with Gasteiger partial charge in [-0.25, -0.2) is 17.6 Å². The quantitative estimate of drug-likeness (QED) is 0.518. The van der Waals surface area contributed by atoms with Gasteiger partial charge in [0.05, 0.1) is 18.5 Å². The van der Waals surface area contributed by atoms with E-state index < -0.39 is 45.6 Å². The van der Waals surface area contributed by atoms with E-state index in [1.807, 2.05) is 0 Å². The minimum absolute atomic E-state index is 0.223. The number of imide groups is 1. The van der Waals surface area contributed by atoms with Crippen LogP contribution in [0.2, 0.25) is 0 Å².